The van der Waals surface area contributed by atoms with Gasteiger partial charge >= 0.3 is 6.09 Å². The van der Waals surface area contributed by atoms with Crippen LogP contribution in [0.15, 0.2) is 17.1 Å². The molecular formula is C16H19N5O3. The Morgan fingerprint density at radius 1 is 1.50 bits per heavy atom. The zero-order valence-electron chi connectivity index (χ0n) is 13.6. The first-order valence-corrected chi connectivity index (χ1v) is 7.65. The number of anilines is 1. The van der Waals surface area contributed by atoms with Gasteiger partial charge in [-0.15, -0.1) is 0 Å². The van der Waals surface area contributed by atoms with Gasteiger partial charge < -0.3 is 19.6 Å². The molecule has 1 atom stereocenters. The Kier molecular flexibility index (Phi) is 4.16. The maximum atomic E-state index is 11.3. The van der Waals surface area contributed by atoms with Gasteiger partial charge in [-0.2, -0.15) is 5.26 Å². The highest BCUT2D eigenvalue weighted by atomic mass is 16.5. The van der Waals surface area contributed by atoms with Gasteiger partial charge in [0.15, 0.2) is 0 Å². The lowest BCUT2D eigenvalue weighted by Gasteiger charge is -2.38. The van der Waals surface area contributed by atoms with Crippen molar-refractivity contribution >= 4 is 23.8 Å². The summed E-state index contributed by atoms with van der Waals surface area (Å²) in [7, 11) is 3.70. The molecule has 24 heavy (non-hydrogen) atoms. The number of carboxylic acid groups (broad SMARTS) is 1. The molecule has 0 saturated carbocycles. The number of aliphatic imine (C=N–C) groups is 1. The third-order valence-corrected chi connectivity index (χ3v) is 4.13. The van der Waals surface area contributed by atoms with E-state index in [4.69, 9.17) is 4.74 Å². The van der Waals surface area contributed by atoms with E-state index in [0.717, 1.165) is 5.69 Å². The summed E-state index contributed by atoms with van der Waals surface area (Å²) in [5, 5.41) is 18.7. The number of fused-ring (bicyclic) bond motifs is 4. The number of carbonyl (C=O) groups is 1. The number of rotatable bonds is 2. The van der Waals surface area contributed by atoms with Gasteiger partial charge in [0.1, 0.15) is 18.4 Å². The SMILES string of the molecule is CN(C)C=Nc1cc2c(cc1C#N)N1CCN(C(=O)O)[C@H](CO2)C1. The molecule has 126 valence electrons. The second-order valence-electron chi connectivity index (χ2n) is 6.04. The second kappa shape index (κ2) is 6.28. The minimum atomic E-state index is -0.928. The van der Waals surface area contributed by atoms with Crippen molar-refractivity contribution < 1.29 is 14.6 Å². The summed E-state index contributed by atoms with van der Waals surface area (Å²) in [6.07, 6.45) is 0.701. The van der Waals surface area contributed by atoms with Crippen LogP contribution in [0.3, 0.4) is 0 Å². The van der Waals surface area contributed by atoms with E-state index in [0.29, 0.717) is 43.2 Å². The molecule has 1 aromatic carbocycles. The predicted octanol–water partition coefficient (Wildman–Crippen LogP) is 1.34. The zero-order chi connectivity index (χ0) is 17.3. The van der Waals surface area contributed by atoms with Crippen LogP contribution in [0.1, 0.15) is 5.56 Å². The van der Waals surface area contributed by atoms with Gasteiger partial charge in [0, 0.05) is 39.8 Å². The Morgan fingerprint density at radius 3 is 2.96 bits per heavy atom. The summed E-state index contributed by atoms with van der Waals surface area (Å²) in [5.41, 5.74) is 1.83. The summed E-state index contributed by atoms with van der Waals surface area (Å²) >= 11 is 0. The standard InChI is InChI=1S/C16H19N5O3/c1-19(2)10-18-13-6-15-14(5-11(13)7-17)20-3-4-21(16(22)23)12(8-20)9-24-15/h5-6,10,12H,3-4,8-9H2,1-2H3,(H,22,23)/t12-/m0/s1. The van der Waals surface area contributed by atoms with Crippen LogP contribution < -0.4 is 9.64 Å². The number of ether oxygens (including phenoxy) is 1. The summed E-state index contributed by atoms with van der Waals surface area (Å²) in [5.74, 6) is 0.634. The lowest BCUT2D eigenvalue weighted by Crippen LogP contribution is -2.56. The molecule has 2 aliphatic rings. The number of hydrogen-bond donors (Lipinski definition) is 1. The van der Waals surface area contributed by atoms with E-state index in [9.17, 15) is 15.2 Å². The lowest BCUT2D eigenvalue weighted by molar-refractivity contribution is 0.101. The minimum absolute atomic E-state index is 0.220. The summed E-state index contributed by atoms with van der Waals surface area (Å²) in [6.45, 7) is 1.85. The summed E-state index contributed by atoms with van der Waals surface area (Å²) in [4.78, 5) is 20.9. The van der Waals surface area contributed by atoms with Crippen LogP contribution >= 0.6 is 0 Å². The van der Waals surface area contributed by atoms with E-state index < -0.39 is 6.09 Å². The van der Waals surface area contributed by atoms with Crippen LogP contribution in [-0.4, -0.2) is 73.7 Å². The van der Waals surface area contributed by atoms with E-state index in [1.165, 1.54) is 4.90 Å². The minimum Gasteiger partial charge on any atom is -0.489 e. The molecule has 2 aliphatic heterocycles. The smallest absolute Gasteiger partial charge is 0.407 e. The molecule has 8 nitrogen and oxygen atoms in total. The third-order valence-electron chi connectivity index (χ3n) is 4.13. The van der Waals surface area contributed by atoms with Crippen molar-refractivity contribution in [2.75, 3.05) is 45.2 Å². The molecule has 2 bridgehead atoms. The number of nitriles is 1. The van der Waals surface area contributed by atoms with Crippen molar-refractivity contribution in [2.45, 2.75) is 6.04 Å². The van der Waals surface area contributed by atoms with Gasteiger partial charge in [-0.3, -0.25) is 4.90 Å². The first-order chi connectivity index (χ1) is 11.5. The molecule has 0 aromatic heterocycles. The van der Waals surface area contributed by atoms with Gasteiger partial charge in [0.25, 0.3) is 0 Å². The van der Waals surface area contributed by atoms with Crippen LogP contribution in [0.5, 0.6) is 5.75 Å². The number of benzene rings is 1. The zero-order valence-corrected chi connectivity index (χ0v) is 13.6. The fourth-order valence-corrected chi connectivity index (χ4v) is 2.95. The van der Waals surface area contributed by atoms with Gasteiger partial charge in [-0.1, -0.05) is 0 Å². The fourth-order valence-electron chi connectivity index (χ4n) is 2.95. The molecule has 8 heteroatoms. The number of nitrogens with zero attached hydrogens (tertiary/aromatic N) is 5. The lowest BCUT2D eigenvalue weighted by atomic mass is 10.1. The van der Waals surface area contributed by atoms with Gasteiger partial charge in [-0.05, 0) is 6.07 Å². The summed E-state index contributed by atoms with van der Waals surface area (Å²) < 4.78 is 5.85. The Balaban J connectivity index is 1.97. The van der Waals surface area contributed by atoms with E-state index in [-0.39, 0.29) is 6.04 Å². The van der Waals surface area contributed by atoms with Crippen LogP contribution in [0.25, 0.3) is 0 Å². The van der Waals surface area contributed by atoms with E-state index in [2.05, 4.69) is 16.0 Å². The first-order valence-electron chi connectivity index (χ1n) is 7.65. The van der Waals surface area contributed by atoms with Crippen molar-refractivity contribution in [3.05, 3.63) is 17.7 Å². The highest BCUT2D eigenvalue weighted by molar-refractivity contribution is 5.74. The topological polar surface area (TPSA) is 92.4 Å². The van der Waals surface area contributed by atoms with Crippen molar-refractivity contribution in [2.24, 2.45) is 4.99 Å². The van der Waals surface area contributed by atoms with Gasteiger partial charge in [0.05, 0.1) is 29.3 Å². The molecule has 1 saturated heterocycles. The largest absolute Gasteiger partial charge is 0.489 e. The van der Waals surface area contributed by atoms with Crippen molar-refractivity contribution in [1.82, 2.24) is 9.80 Å². The normalized spacial score (nSPS) is 19.3. The van der Waals surface area contributed by atoms with E-state index in [1.54, 1.807) is 23.4 Å². The molecule has 1 N–H and O–H groups in total. The summed E-state index contributed by atoms with van der Waals surface area (Å²) in [6, 6.07) is 5.48. The van der Waals surface area contributed by atoms with Crippen molar-refractivity contribution in [3.63, 3.8) is 0 Å². The van der Waals surface area contributed by atoms with Crippen LogP contribution in [0.2, 0.25) is 0 Å². The molecule has 1 amide bonds. The Labute approximate surface area is 140 Å². The highest BCUT2D eigenvalue weighted by Gasteiger charge is 2.34. The number of piperazine rings is 1. The maximum absolute atomic E-state index is 11.3. The average Bonchev–Trinajstić information content (AvgIpc) is 2.69. The molecule has 0 unspecified atom stereocenters. The van der Waals surface area contributed by atoms with Crippen molar-refractivity contribution in [1.29, 1.82) is 5.26 Å². The predicted molar refractivity (Wildman–Crippen MR) is 89.2 cm³/mol. The third kappa shape index (κ3) is 2.93. The van der Waals surface area contributed by atoms with Gasteiger partial charge in [-0.25, -0.2) is 9.79 Å². The maximum Gasteiger partial charge on any atom is 0.407 e. The molecule has 2 heterocycles. The fraction of sp³-hybridized carbons (Fsp3) is 0.438. The average molecular weight is 329 g/mol. The van der Waals surface area contributed by atoms with E-state index >= 15 is 0 Å². The monoisotopic (exact) mass is 329 g/mol. The second-order valence-corrected chi connectivity index (χ2v) is 6.04. The Hall–Kier alpha value is -2.95. The van der Waals surface area contributed by atoms with Crippen molar-refractivity contribution in [3.8, 4) is 11.8 Å². The van der Waals surface area contributed by atoms with Crippen LogP contribution in [-0.2, 0) is 0 Å². The first kappa shape index (κ1) is 15.9. The molecule has 1 fully saturated rings. The Bertz CT molecular complexity index is 725. The van der Waals surface area contributed by atoms with Gasteiger partial charge in [0.2, 0.25) is 0 Å². The quantitative estimate of drug-likeness (QED) is 0.650. The molecule has 0 spiro atoms. The molecule has 3 rings (SSSR count). The number of amides is 1. The molecule has 0 radical (unpaired) electrons. The Morgan fingerprint density at radius 2 is 2.29 bits per heavy atom. The van der Waals surface area contributed by atoms with Crippen LogP contribution in [0, 0.1) is 11.3 Å². The number of hydrogen-bond acceptors (Lipinski definition) is 5. The molecule has 1 aromatic rings. The highest BCUT2D eigenvalue weighted by Crippen LogP contribution is 2.38. The van der Waals surface area contributed by atoms with Crippen LogP contribution in [0.4, 0.5) is 16.2 Å². The molecular weight excluding hydrogens is 310 g/mol. The van der Waals surface area contributed by atoms with E-state index in [1.807, 2.05) is 14.1 Å². The molecule has 0 aliphatic carbocycles.